The van der Waals surface area contributed by atoms with Gasteiger partial charge in [0, 0.05) is 64.1 Å². The van der Waals surface area contributed by atoms with E-state index in [-0.39, 0.29) is 35.8 Å². The minimum Gasteiger partial charge on any atom is -0.357 e. The van der Waals surface area contributed by atoms with Gasteiger partial charge in [-0.1, -0.05) is 0 Å². The molecular formula is C20H35FIN7. The fourth-order valence-corrected chi connectivity index (χ4v) is 3.80. The molecular weight excluding hydrogens is 484 g/mol. The number of hydrogen-bond donors (Lipinski definition) is 2. The van der Waals surface area contributed by atoms with E-state index in [0.29, 0.717) is 11.9 Å². The lowest BCUT2D eigenvalue weighted by atomic mass is 10.2. The first-order valence-corrected chi connectivity index (χ1v) is 10.4. The molecule has 2 N–H and O–H groups in total. The van der Waals surface area contributed by atoms with Crippen molar-refractivity contribution in [2.75, 3.05) is 64.3 Å². The quantitative estimate of drug-likeness (QED) is 0.339. The van der Waals surface area contributed by atoms with Crippen LogP contribution in [0.25, 0.3) is 0 Å². The second-order valence-electron chi connectivity index (χ2n) is 7.79. The van der Waals surface area contributed by atoms with Gasteiger partial charge in [0.1, 0.15) is 0 Å². The van der Waals surface area contributed by atoms with Crippen molar-refractivity contribution in [2.45, 2.75) is 32.4 Å². The molecule has 0 aliphatic carbocycles. The number of rotatable bonds is 6. The van der Waals surface area contributed by atoms with Crippen LogP contribution < -0.4 is 15.5 Å². The third-order valence-electron chi connectivity index (χ3n) is 5.59. The highest BCUT2D eigenvalue weighted by Crippen LogP contribution is 2.20. The lowest BCUT2D eigenvalue weighted by molar-refractivity contribution is 0.122. The molecule has 0 radical (unpaired) electrons. The summed E-state index contributed by atoms with van der Waals surface area (Å²) in [4.78, 5) is 15.9. The lowest BCUT2D eigenvalue weighted by Crippen LogP contribution is -2.49. The highest BCUT2D eigenvalue weighted by atomic mass is 127. The maximum absolute atomic E-state index is 14.0. The van der Waals surface area contributed by atoms with Gasteiger partial charge in [0.25, 0.3) is 0 Å². The Kier molecular flexibility index (Phi) is 9.84. The van der Waals surface area contributed by atoms with Gasteiger partial charge in [-0.25, -0.2) is 9.37 Å². The summed E-state index contributed by atoms with van der Waals surface area (Å²) < 4.78 is 14.0. The van der Waals surface area contributed by atoms with Crippen molar-refractivity contribution in [1.29, 1.82) is 0 Å². The molecule has 2 unspecified atom stereocenters. The van der Waals surface area contributed by atoms with Crippen LogP contribution in [-0.2, 0) is 0 Å². The Balaban J connectivity index is 0.00000300. The zero-order valence-corrected chi connectivity index (χ0v) is 20.1. The number of anilines is 1. The van der Waals surface area contributed by atoms with Gasteiger partial charge in [-0.05, 0) is 39.4 Å². The second kappa shape index (κ2) is 11.8. The first kappa shape index (κ1) is 24.1. The van der Waals surface area contributed by atoms with Gasteiger partial charge in [0.2, 0.25) is 0 Å². The van der Waals surface area contributed by atoms with Crippen molar-refractivity contribution in [3.63, 3.8) is 0 Å². The Bertz CT molecular complexity index is 651. The zero-order chi connectivity index (χ0) is 19.9. The number of nitrogens with one attached hydrogen (secondary N) is 2. The molecule has 0 amide bonds. The van der Waals surface area contributed by atoms with Crippen LogP contribution in [-0.4, -0.2) is 92.2 Å². The predicted octanol–water partition coefficient (Wildman–Crippen LogP) is 1.61. The van der Waals surface area contributed by atoms with E-state index in [4.69, 9.17) is 4.99 Å². The molecule has 0 spiro atoms. The first-order valence-electron chi connectivity index (χ1n) is 10.4. The maximum atomic E-state index is 14.0. The normalized spacial score (nSPS) is 22.3. The largest absolute Gasteiger partial charge is 0.357 e. The Morgan fingerprint density at radius 3 is 2.76 bits per heavy atom. The summed E-state index contributed by atoms with van der Waals surface area (Å²) in [5.74, 6) is 1.03. The average molecular weight is 519 g/mol. The van der Waals surface area contributed by atoms with Gasteiger partial charge in [-0.2, -0.15) is 0 Å². The van der Waals surface area contributed by atoms with Gasteiger partial charge >= 0.3 is 0 Å². The highest BCUT2D eigenvalue weighted by molar-refractivity contribution is 14.0. The first-order chi connectivity index (χ1) is 13.6. The minimum atomic E-state index is -0.260. The van der Waals surface area contributed by atoms with Gasteiger partial charge in [-0.3, -0.25) is 9.89 Å². The molecule has 3 rings (SSSR count). The molecule has 9 heteroatoms. The topological polar surface area (TPSA) is 59.0 Å². The van der Waals surface area contributed by atoms with E-state index in [2.05, 4.69) is 46.3 Å². The third-order valence-corrected chi connectivity index (χ3v) is 5.59. The van der Waals surface area contributed by atoms with Crippen LogP contribution in [0.5, 0.6) is 0 Å². The molecule has 0 saturated carbocycles. The van der Waals surface area contributed by atoms with Gasteiger partial charge in [0.15, 0.2) is 17.6 Å². The summed E-state index contributed by atoms with van der Waals surface area (Å²) >= 11 is 0. The van der Waals surface area contributed by atoms with E-state index in [1.54, 1.807) is 12.3 Å². The zero-order valence-electron chi connectivity index (χ0n) is 17.8. The summed E-state index contributed by atoms with van der Waals surface area (Å²) in [6.45, 7) is 11.9. The number of nitrogens with zero attached hydrogens (tertiary/aromatic N) is 5. The van der Waals surface area contributed by atoms with E-state index in [1.807, 2.05) is 4.90 Å². The summed E-state index contributed by atoms with van der Waals surface area (Å²) in [5, 5.41) is 6.87. The molecule has 1 aromatic heterocycles. The number of aliphatic imine (C=N–C) groups is 1. The molecule has 29 heavy (non-hydrogen) atoms. The fraction of sp³-hybridized carbons (Fsp3) is 0.700. The number of halogens is 2. The molecule has 2 atom stereocenters. The SMILES string of the molecule is CCNC(=NCC(C)N1CCN(C)CC1)NC1CCN(c2ncccc2F)C1.I. The second-order valence-corrected chi connectivity index (χ2v) is 7.79. The van der Waals surface area contributed by atoms with Crippen LogP contribution in [0.2, 0.25) is 0 Å². The van der Waals surface area contributed by atoms with Crippen LogP contribution in [0.15, 0.2) is 23.3 Å². The van der Waals surface area contributed by atoms with Crippen LogP contribution in [0.3, 0.4) is 0 Å². The Morgan fingerprint density at radius 2 is 2.07 bits per heavy atom. The smallest absolute Gasteiger partial charge is 0.191 e. The summed E-state index contributed by atoms with van der Waals surface area (Å²) in [6.07, 6.45) is 2.58. The van der Waals surface area contributed by atoms with Crippen LogP contribution >= 0.6 is 24.0 Å². The van der Waals surface area contributed by atoms with Crippen LogP contribution in [0.1, 0.15) is 20.3 Å². The van der Waals surface area contributed by atoms with Crippen LogP contribution in [0.4, 0.5) is 10.2 Å². The van der Waals surface area contributed by atoms with Crippen LogP contribution in [0, 0.1) is 5.82 Å². The molecule has 2 aliphatic rings. The lowest BCUT2D eigenvalue weighted by Gasteiger charge is -2.36. The molecule has 2 fully saturated rings. The molecule has 7 nitrogen and oxygen atoms in total. The van der Waals surface area contributed by atoms with Gasteiger partial charge < -0.3 is 20.4 Å². The monoisotopic (exact) mass is 519 g/mol. The molecule has 1 aromatic rings. The van der Waals surface area contributed by atoms with E-state index in [1.165, 1.54) is 6.07 Å². The number of guanidine groups is 1. The van der Waals surface area contributed by atoms with Crippen molar-refractivity contribution >= 4 is 35.8 Å². The highest BCUT2D eigenvalue weighted by Gasteiger charge is 2.26. The Labute approximate surface area is 191 Å². The number of hydrogen-bond acceptors (Lipinski definition) is 5. The number of aromatic nitrogens is 1. The number of piperazine rings is 1. The standard InChI is InChI=1S/C20H34FN7.HI/c1-4-22-20(24-14-16(2)27-12-10-26(3)11-13-27)25-17-7-9-28(15-17)19-18(21)6-5-8-23-19;/h5-6,8,16-17H,4,7,9-15H2,1-3H3,(H2,22,24,25);1H. The van der Waals surface area contributed by atoms with Crippen molar-refractivity contribution < 1.29 is 4.39 Å². The van der Waals surface area contributed by atoms with E-state index in [0.717, 1.165) is 64.7 Å². The van der Waals surface area contributed by atoms with Crippen molar-refractivity contribution in [3.8, 4) is 0 Å². The van der Waals surface area contributed by atoms with E-state index in [9.17, 15) is 4.39 Å². The molecule has 0 aromatic carbocycles. The van der Waals surface area contributed by atoms with Crippen molar-refractivity contribution in [3.05, 3.63) is 24.1 Å². The molecule has 2 aliphatic heterocycles. The Morgan fingerprint density at radius 1 is 1.31 bits per heavy atom. The van der Waals surface area contributed by atoms with Gasteiger partial charge in [-0.15, -0.1) is 24.0 Å². The van der Waals surface area contributed by atoms with E-state index < -0.39 is 0 Å². The Hall–Kier alpha value is -1.20. The summed E-state index contributed by atoms with van der Waals surface area (Å²) in [5.41, 5.74) is 0. The fourth-order valence-electron chi connectivity index (χ4n) is 3.80. The minimum absolute atomic E-state index is 0. The number of likely N-dealkylation sites (N-methyl/N-ethyl adjacent to an activating group) is 1. The summed E-state index contributed by atoms with van der Waals surface area (Å²) in [6, 6.07) is 3.75. The maximum Gasteiger partial charge on any atom is 0.191 e. The van der Waals surface area contributed by atoms with Gasteiger partial charge in [0.05, 0.1) is 6.54 Å². The van der Waals surface area contributed by atoms with Crippen molar-refractivity contribution in [1.82, 2.24) is 25.4 Å². The average Bonchev–Trinajstić information content (AvgIpc) is 3.15. The summed E-state index contributed by atoms with van der Waals surface area (Å²) in [7, 11) is 2.18. The molecule has 3 heterocycles. The predicted molar refractivity (Wildman–Crippen MR) is 128 cm³/mol. The van der Waals surface area contributed by atoms with E-state index >= 15 is 0 Å². The molecule has 164 valence electrons. The third kappa shape index (κ3) is 6.92. The number of pyridine rings is 1. The molecule has 0 bridgehead atoms. The molecule has 2 saturated heterocycles. The van der Waals surface area contributed by atoms with Crippen molar-refractivity contribution in [2.24, 2.45) is 4.99 Å².